The molecule has 2 aromatic carbocycles. The van der Waals surface area contributed by atoms with Gasteiger partial charge in [0.2, 0.25) is 0 Å². The molecule has 41 heavy (non-hydrogen) atoms. The second kappa shape index (κ2) is 10.1. The van der Waals surface area contributed by atoms with Gasteiger partial charge in [0, 0.05) is 30.2 Å². The Morgan fingerprint density at radius 1 is 1.00 bits per heavy atom. The van der Waals surface area contributed by atoms with Crippen LogP contribution in [0.25, 0.3) is 22.1 Å². The molecule has 0 unspecified atom stereocenters. The first-order valence-electron chi connectivity index (χ1n) is 13.0. The summed E-state index contributed by atoms with van der Waals surface area (Å²) in [5, 5.41) is 12.7. The average Bonchev–Trinajstić information content (AvgIpc) is 3.49. The van der Waals surface area contributed by atoms with E-state index < -0.39 is 11.9 Å². The lowest BCUT2D eigenvalue weighted by molar-refractivity contribution is 0.0932. The molecule has 0 fully saturated rings. The van der Waals surface area contributed by atoms with E-state index in [-0.39, 0.29) is 17.1 Å². The Bertz CT molecular complexity index is 2080. The molecule has 6 aromatic rings. The Kier molecular flexibility index (Phi) is 6.32. The fraction of sp³-hybridized carbons (Fsp3) is 0.129. The summed E-state index contributed by atoms with van der Waals surface area (Å²) < 4.78 is 4.77. The third kappa shape index (κ3) is 4.49. The summed E-state index contributed by atoms with van der Waals surface area (Å²) in [5.41, 5.74) is 10.0. The standard InChI is InChI=1S/C31H26N8O2/c1-19(35-30(40)28-29(32)36-26-13-8-16-33-39(26)28)25-17-22-10-7-9-21(14-15-23-18-34-37(3)20(23)2)27(22)31(41)38(25)24-11-5-4-6-12-24/h4-13,16-19H,32H2,1-3H3,(H,35,40)/t19-/m0/s1. The number of imidazole rings is 1. The number of amides is 1. The van der Waals surface area contributed by atoms with Gasteiger partial charge in [-0.2, -0.15) is 10.2 Å². The second-order valence-electron chi connectivity index (χ2n) is 9.67. The number of aromatic nitrogens is 6. The lowest BCUT2D eigenvalue weighted by Gasteiger charge is -2.21. The number of carbonyl (C=O) groups is 1. The van der Waals surface area contributed by atoms with Crippen LogP contribution >= 0.6 is 0 Å². The number of benzene rings is 2. The molecule has 0 aliphatic rings. The van der Waals surface area contributed by atoms with E-state index in [1.165, 1.54) is 4.52 Å². The Morgan fingerprint density at radius 3 is 2.54 bits per heavy atom. The molecule has 0 bridgehead atoms. The van der Waals surface area contributed by atoms with Gasteiger partial charge in [0.25, 0.3) is 11.5 Å². The van der Waals surface area contributed by atoms with Crippen LogP contribution in [0.3, 0.4) is 0 Å². The minimum Gasteiger partial charge on any atom is -0.382 e. The number of nitrogen functional groups attached to an aromatic ring is 1. The van der Waals surface area contributed by atoms with Crippen LogP contribution in [0.1, 0.15) is 46.0 Å². The highest BCUT2D eigenvalue weighted by Crippen LogP contribution is 2.24. The van der Waals surface area contributed by atoms with Crippen LogP contribution in [0.2, 0.25) is 0 Å². The summed E-state index contributed by atoms with van der Waals surface area (Å²) in [6.45, 7) is 3.76. The number of aryl methyl sites for hydroxylation is 1. The maximum Gasteiger partial charge on any atom is 0.274 e. The maximum absolute atomic E-state index is 14.2. The SMILES string of the molecule is Cc1c(C#Cc2cccc3cc([C@H](C)NC(=O)c4c(N)nc5cccnn45)n(-c4ccccc4)c(=O)c23)cnn1C. The third-order valence-electron chi connectivity index (χ3n) is 7.08. The molecule has 0 saturated heterocycles. The molecule has 0 aliphatic carbocycles. The molecule has 0 aliphatic heterocycles. The number of nitrogens with two attached hydrogens (primary N) is 1. The van der Waals surface area contributed by atoms with Crippen molar-refractivity contribution in [1.29, 1.82) is 0 Å². The first-order valence-corrected chi connectivity index (χ1v) is 13.0. The summed E-state index contributed by atoms with van der Waals surface area (Å²) in [4.78, 5) is 31.9. The first kappa shape index (κ1) is 25.6. The molecule has 0 spiro atoms. The summed E-state index contributed by atoms with van der Waals surface area (Å²) in [5.74, 6) is 5.96. The van der Waals surface area contributed by atoms with Crippen molar-refractivity contribution in [2.45, 2.75) is 19.9 Å². The van der Waals surface area contributed by atoms with Gasteiger partial charge in [-0.05, 0) is 55.6 Å². The number of nitrogens with zero attached hydrogens (tertiary/aromatic N) is 6. The van der Waals surface area contributed by atoms with Gasteiger partial charge < -0.3 is 11.1 Å². The van der Waals surface area contributed by atoms with E-state index >= 15 is 0 Å². The lowest BCUT2D eigenvalue weighted by Crippen LogP contribution is -2.33. The predicted molar refractivity (Wildman–Crippen MR) is 157 cm³/mol. The molecule has 1 amide bonds. The van der Waals surface area contributed by atoms with Crippen LogP contribution in [0.5, 0.6) is 0 Å². The van der Waals surface area contributed by atoms with E-state index in [1.54, 1.807) is 33.8 Å². The Hall–Kier alpha value is -5.69. The van der Waals surface area contributed by atoms with Gasteiger partial charge in [-0.25, -0.2) is 9.50 Å². The van der Waals surface area contributed by atoms with Crippen LogP contribution in [-0.4, -0.2) is 34.9 Å². The molecule has 6 rings (SSSR count). The van der Waals surface area contributed by atoms with Crippen LogP contribution in [0.4, 0.5) is 5.82 Å². The Morgan fingerprint density at radius 2 is 1.78 bits per heavy atom. The van der Waals surface area contributed by atoms with Gasteiger partial charge in [0.05, 0.1) is 28.9 Å². The Labute approximate surface area is 235 Å². The van der Waals surface area contributed by atoms with Crippen LogP contribution < -0.4 is 16.6 Å². The van der Waals surface area contributed by atoms with Crippen molar-refractivity contribution < 1.29 is 4.79 Å². The number of nitrogens with one attached hydrogen (secondary N) is 1. The highest BCUT2D eigenvalue weighted by molar-refractivity contribution is 5.98. The highest BCUT2D eigenvalue weighted by Gasteiger charge is 2.23. The molecule has 4 aromatic heterocycles. The maximum atomic E-state index is 14.2. The van der Waals surface area contributed by atoms with E-state index in [0.717, 1.165) is 11.3 Å². The molecule has 3 N–H and O–H groups in total. The van der Waals surface area contributed by atoms with Crippen LogP contribution in [0, 0.1) is 18.8 Å². The van der Waals surface area contributed by atoms with Crippen molar-refractivity contribution in [3.05, 3.63) is 118 Å². The number of hydrogen-bond donors (Lipinski definition) is 2. The van der Waals surface area contributed by atoms with Gasteiger partial charge in [0.15, 0.2) is 17.2 Å². The first-order chi connectivity index (χ1) is 19.8. The van der Waals surface area contributed by atoms with Crippen molar-refractivity contribution in [1.82, 2.24) is 34.3 Å². The van der Waals surface area contributed by atoms with Crippen molar-refractivity contribution in [3.63, 3.8) is 0 Å². The van der Waals surface area contributed by atoms with E-state index in [9.17, 15) is 9.59 Å². The molecule has 4 heterocycles. The monoisotopic (exact) mass is 542 g/mol. The zero-order chi connectivity index (χ0) is 28.7. The van der Waals surface area contributed by atoms with Crippen LogP contribution in [-0.2, 0) is 7.05 Å². The minimum absolute atomic E-state index is 0.0689. The smallest absolute Gasteiger partial charge is 0.274 e. The molecule has 0 saturated carbocycles. The van der Waals surface area contributed by atoms with Crippen molar-refractivity contribution in [3.8, 4) is 17.5 Å². The molecule has 0 radical (unpaired) electrons. The fourth-order valence-electron chi connectivity index (χ4n) is 4.86. The molecular formula is C31H26N8O2. The van der Waals surface area contributed by atoms with Gasteiger partial charge in [-0.15, -0.1) is 0 Å². The Balaban J connectivity index is 1.48. The highest BCUT2D eigenvalue weighted by atomic mass is 16.2. The van der Waals surface area contributed by atoms with Gasteiger partial charge in [0.1, 0.15) is 0 Å². The summed E-state index contributed by atoms with van der Waals surface area (Å²) in [6, 6.07) is 19.6. The normalized spacial score (nSPS) is 11.8. The minimum atomic E-state index is -0.582. The number of anilines is 1. The second-order valence-corrected chi connectivity index (χ2v) is 9.67. The zero-order valence-corrected chi connectivity index (χ0v) is 22.7. The lowest BCUT2D eigenvalue weighted by atomic mass is 10.0. The molecule has 202 valence electrons. The van der Waals surface area contributed by atoms with Gasteiger partial charge in [-0.3, -0.25) is 18.8 Å². The predicted octanol–water partition coefficient (Wildman–Crippen LogP) is 3.55. The number of para-hydroxylation sites is 1. The van der Waals surface area contributed by atoms with Crippen molar-refractivity contribution >= 4 is 28.1 Å². The molecule has 10 heteroatoms. The number of fused-ring (bicyclic) bond motifs is 2. The summed E-state index contributed by atoms with van der Waals surface area (Å²) in [7, 11) is 1.86. The van der Waals surface area contributed by atoms with E-state index in [0.29, 0.717) is 33.4 Å². The quantitative estimate of drug-likeness (QED) is 0.328. The van der Waals surface area contributed by atoms with Gasteiger partial charge in [-0.1, -0.05) is 42.2 Å². The van der Waals surface area contributed by atoms with Gasteiger partial charge >= 0.3 is 0 Å². The number of carbonyl (C=O) groups excluding carboxylic acids is 1. The molecule has 1 atom stereocenters. The molecule has 10 nitrogen and oxygen atoms in total. The van der Waals surface area contributed by atoms with Crippen molar-refractivity contribution in [2.24, 2.45) is 7.05 Å². The summed E-state index contributed by atoms with van der Waals surface area (Å²) in [6.07, 6.45) is 3.27. The number of pyridine rings is 1. The van der Waals surface area contributed by atoms with E-state index in [1.807, 2.05) is 75.5 Å². The third-order valence-corrected chi connectivity index (χ3v) is 7.08. The number of hydrogen-bond acceptors (Lipinski definition) is 6. The van der Waals surface area contributed by atoms with Crippen LogP contribution in [0.15, 0.2) is 83.9 Å². The zero-order valence-electron chi connectivity index (χ0n) is 22.7. The molecular weight excluding hydrogens is 516 g/mol. The topological polar surface area (TPSA) is 125 Å². The largest absolute Gasteiger partial charge is 0.382 e. The average molecular weight is 543 g/mol. The van der Waals surface area contributed by atoms with E-state index in [4.69, 9.17) is 5.73 Å². The fourth-order valence-corrected chi connectivity index (χ4v) is 4.86. The number of rotatable bonds is 4. The van der Waals surface area contributed by atoms with E-state index in [2.05, 4.69) is 32.3 Å². The summed E-state index contributed by atoms with van der Waals surface area (Å²) >= 11 is 0. The van der Waals surface area contributed by atoms with Crippen molar-refractivity contribution in [2.75, 3.05) is 5.73 Å².